The van der Waals surface area contributed by atoms with Crippen LogP contribution in [0.15, 0.2) is 72.8 Å². The number of rotatable bonds is 7. The number of amides is 2. The number of hydrogen-bond acceptors (Lipinski definition) is 6. The molecular weight excluding hydrogens is 496 g/mol. The lowest BCUT2D eigenvalue weighted by molar-refractivity contribution is -0.132. The van der Waals surface area contributed by atoms with Crippen molar-refractivity contribution in [3.63, 3.8) is 0 Å². The number of carboxylic acids is 1. The molecule has 3 N–H and O–H groups in total. The lowest BCUT2D eigenvalue weighted by Gasteiger charge is -2.35. The van der Waals surface area contributed by atoms with Crippen LogP contribution in [0.5, 0.6) is 0 Å². The number of piperidine rings is 1. The van der Waals surface area contributed by atoms with Gasteiger partial charge in [-0.3, -0.25) is 14.4 Å². The standard InChI is InChI=1S/C30H30N4O5/c1-33-16-14-23(15-17-33)34(39-2)29(36)20-8-11-22(12-9-20)31-27(19-6-4-3-5-7-19)26-24-13-10-21(30(37)38)18-25(24)32-28(26)35/h3-13,18,23,31H,14-17H2,1-2H3,(H,32,35)(H,37,38). The van der Waals surface area contributed by atoms with Crippen LogP contribution in [0.25, 0.3) is 11.3 Å². The van der Waals surface area contributed by atoms with Crippen molar-refractivity contribution in [1.29, 1.82) is 0 Å². The zero-order chi connectivity index (χ0) is 27.5. The number of nitrogens with one attached hydrogen (secondary N) is 2. The highest BCUT2D eigenvalue weighted by Gasteiger charge is 2.30. The average molecular weight is 527 g/mol. The van der Waals surface area contributed by atoms with Crippen LogP contribution in [-0.2, 0) is 9.63 Å². The number of nitrogens with zero attached hydrogens (tertiary/aromatic N) is 2. The van der Waals surface area contributed by atoms with Gasteiger partial charge in [-0.25, -0.2) is 9.86 Å². The molecule has 0 bridgehead atoms. The first-order valence-corrected chi connectivity index (χ1v) is 12.8. The minimum Gasteiger partial charge on any atom is -0.478 e. The van der Waals surface area contributed by atoms with Crippen LogP contribution in [0.1, 0.15) is 44.7 Å². The Labute approximate surface area is 226 Å². The first-order valence-electron chi connectivity index (χ1n) is 12.8. The van der Waals surface area contributed by atoms with E-state index < -0.39 is 5.97 Å². The van der Waals surface area contributed by atoms with Crippen molar-refractivity contribution < 1.29 is 24.3 Å². The number of hydroxylamine groups is 2. The molecule has 2 heterocycles. The summed E-state index contributed by atoms with van der Waals surface area (Å²) in [5.41, 5.74) is 4.09. The second kappa shape index (κ2) is 11.1. The third-order valence-electron chi connectivity index (χ3n) is 7.14. The van der Waals surface area contributed by atoms with Crippen LogP contribution in [0.2, 0.25) is 0 Å². The largest absolute Gasteiger partial charge is 0.478 e. The van der Waals surface area contributed by atoms with Crippen molar-refractivity contribution in [1.82, 2.24) is 9.96 Å². The summed E-state index contributed by atoms with van der Waals surface area (Å²) in [5.74, 6) is -1.60. The Morgan fingerprint density at radius 1 is 0.974 bits per heavy atom. The van der Waals surface area contributed by atoms with Gasteiger partial charge in [0.25, 0.3) is 11.8 Å². The monoisotopic (exact) mass is 526 g/mol. The Balaban J connectivity index is 1.45. The zero-order valence-corrected chi connectivity index (χ0v) is 21.8. The van der Waals surface area contributed by atoms with Gasteiger partial charge in [-0.1, -0.05) is 36.4 Å². The van der Waals surface area contributed by atoms with Crippen LogP contribution < -0.4 is 10.6 Å². The van der Waals surface area contributed by atoms with Crippen LogP contribution in [0.3, 0.4) is 0 Å². The van der Waals surface area contributed by atoms with Gasteiger partial charge in [0.2, 0.25) is 0 Å². The molecule has 0 saturated carbocycles. The normalized spacial score (nSPS) is 16.8. The molecule has 9 nitrogen and oxygen atoms in total. The van der Waals surface area contributed by atoms with Crippen molar-refractivity contribution >= 4 is 40.4 Å². The summed E-state index contributed by atoms with van der Waals surface area (Å²) in [6, 6.07) is 21.1. The lowest BCUT2D eigenvalue weighted by atomic mass is 9.99. The molecule has 0 radical (unpaired) electrons. The van der Waals surface area contributed by atoms with Crippen molar-refractivity contribution in [2.45, 2.75) is 18.9 Å². The number of hydrogen-bond donors (Lipinski definition) is 3. The molecule has 39 heavy (non-hydrogen) atoms. The predicted octanol–water partition coefficient (Wildman–Crippen LogP) is 4.42. The molecule has 1 saturated heterocycles. The van der Waals surface area contributed by atoms with Gasteiger partial charge >= 0.3 is 5.97 Å². The first kappa shape index (κ1) is 26.1. The first-order chi connectivity index (χ1) is 18.9. The fraction of sp³-hybridized carbons (Fsp3) is 0.233. The fourth-order valence-electron chi connectivity index (χ4n) is 5.03. The van der Waals surface area contributed by atoms with Crippen molar-refractivity contribution in [2.75, 3.05) is 37.9 Å². The number of carbonyl (C=O) groups excluding carboxylic acids is 2. The molecule has 0 unspecified atom stereocenters. The number of likely N-dealkylation sites (tertiary alicyclic amines) is 1. The second-order valence-electron chi connectivity index (χ2n) is 9.69. The molecule has 1 fully saturated rings. The van der Waals surface area contributed by atoms with Crippen molar-refractivity contribution in [3.05, 3.63) is 95.1 Å². The maximum Gasteiger partial charge on any atom is 0.335 e. The van der Waals surface area contributed by atoms with E-state index >= 15 is 0 Å². The van der Waals surface area contributed by atoms with Gasteiger partial charge in [0.05, 0.1) is 35.7 Å². The highest BCUT2D eigenvalue weighted by Crippen LogP contribution is 2.38. The number of anilines is 2. The van der Waals surface area contributed by atoms with E-state index in [1.807, 2.05) is 30.3 Å². The maximum atomic E-state index is 13.2. The molecule has 0 aromatic heterocycles. The summed E-state index contributed by atoms with van der Waals surface area (Å²) in [5, 5.41) is 17.0. The molecule has 9 heteroatoms. The molecule has 3 aromatic carbocycles. The van der Waals surface area contributed by atoms with E-state index in [1.54, 1.807) is 30.3 Å². The van der Waals surface area contributed by atoms with Crippen molar-refractivity contribution in [2.24, 2.45) is 0 Å². The third-order valence-corrected chi connectivity index (χ3v) is 7.14. The number of aromatic carboxylic acids is 1. The fourth-order valence-corrected chi connectivity index (χ4v) is 5.03. The van der Waals surface area contributed by atoms with Gasteiger partial charge in [-0.15, -0.1) is 0 Å². The van der Waals surface area contributed by atoms with Gasteiger partial charge in [0.15, 0.2) is 0 Å². The van der Waals surface area contributed by atoms with Crippen LogP contribution >= 0.6 is 0 Å². The third kappa shape index (κ3) is 5.41. The van der Waals surface area contributed by atoms with Gasteiger partial charge in [-0.05, 0) is 74.9 Å². The molecule has 2 amide bonds. The summed E-state index contributed by atoms with van der Waals surface area (Å²) < 4.78 is 0. The van der Waals surface area contributed by atoms with Crippen LogP contribution in [0.4, 0.5) is 11.4 Å². The highest BCUT2D eigenvalue weighted by atomic mass is 16.7. The SMILES string of the molecule is CON(C(=O)c1ccc(NC(=C2C(=O)Nc3cc(C(=O)O)ccc32)c2ccccc2)cc1)C1CCN(C)CC1. The summed E-state index contributed by atoms with van der Waals surface area (Å²) in [7, 11) is 3.59. The minimum atomic E-state index is -1.07. The Kier molecular flexibility index (Phi) is 7.44. The Morgan fingerprint density at radius 3 is 2.28 bits per heavy atom. The number of carboxylic acid groups (broad SMARTS) is 1. The van der Waals surface area contributed by atoms with E-state index in [0.29, 0.717) is 33.8 Å². The van der Waals surface area contributed by atoms with Gasteiger partial charge in [-0.2, -0.15) is 0 Å². The molecule has 2 aliphatic heterocycles. The van der Waals surface area contributed by atoms with Crippen LogP contribution in [-0.4, -0.2) is 66.1 Å². The van der Waals surface area contributed by atoms with E-state index in [4.69, 9.17) is 4.84 Å². The van der Waals surface area contributed by atoms with Gasteiger partial charge in [0, 0.05) is 16.8 Å². The Hall–Kier alpha value is -4.47. The van der Waals surface area contributed by atoms with E-state index in [0.717, 1.165) is 31.5 Å². The van der Waals surface area contributed by atoms with Gasteiger partial charge < -0.3 is 20.6 Å². The number of benzene rings is 3. The molecular formula is C30H30N4O5. The average Bonchev–Trinajstić information content (AvgIpc) is 3.28. The summed E-state index contributed by atoms with van der Waals surface area (Å²) in [6.45, 7) is 1.82. The quantitative estimate of drug-likeness (QED) is 0.309. The van der Waals surface area contributed by atoms with E-state index in [9.17, 15) is 19.5 Å². The molecule has 0 spiro atoms. The summed E-state index contributed by atoms with van der Waals surface area (Å²) in [4.78, 5) is 45.5. The number of carbonyl (C=O) groups is 3. The molecule has 0 aliphatic carbocycles. The minimum absolute atomic E-state index is 0.0218. The molecule has 0 atom stereocenters. The summed E-state index contributed by atoms with van der Waals surface area (Å²) in [6.07, 6.45) is 1.70. The van der Waals surface area contributed by atoms with Crippen LogP contribution in [0, 0.1) is 0 Å². The Bertz CT molecular complexity index is 1430. The van der Waals surface area contributed by atoms with E-state index in [2.05, 4.69) is 22.6 Å². The molecule has 5 rings (SSSR count). The van der Waals surface area contributed by atoms with E-state index in [-0.39, 0.29) is 23.4 Å². The summed E-state index contributed by atoms with van der Waals surface area (Å²) >= 11 is 0. The number of fused-ring (bicyclic) bond motifs is 1. The predicted molar refractivity (Wildman–Crippen MR) is 149 cm³/mol. The second-order valence-corrected chi connectivity index (χ2v) is 9.69. The van der Waals surface area contributed by atoms with Crippen molar-refractivity contribution in [3.8, 4) is 0 Å². The van der Waals surface area contributed by atoms with E-state index in [1.165, 1.54) is 24.3 Å². The topological polar surface area (TPSA) is 111 Å². The molecule has 3 aromatic rings. The Morgan fingerprint density at radius 2 is 1.64 bits per heavy atom. The lowest BCUT2D eigenvalue weighted by Crippen LogP contribution is -2.46. The smallest absolute Gasteiger partial charge is 0.335 e. The molecule has 200 valence electrons. The zero-order valence-electron chi connectivity index (χ0n) is 21.8. The highest BCUT2D eigenvalue weighted by molar-refractivity contribution is 6.37. The van der Waals surface area contributed by atoms with Gasteiger partial charge in [0.1, 0.15) is 0 Å². The molecule has 2 aliphatic rings. The maximum absolute atomic E-state index is 13.2.